The minimum absolute atomic E-state index is 0.270. The molecule has 0 bridgehead atoms. The normalized spacial score (nSPS) is 14.6. The Bertz CT molecular complexity index is 360. The van der Waals surface area contributed by atoms with Crippen LogP contribution in [0.3, 0.4) is 0 Å². The van der Waals surface area contributed by atoms with E-state index in [2.05, 4.69) is 5.32 Å². The van der Waals surface area contributed by atoms with Gasteiger partial charge in [0.1, 0.15) is 5.75 Å². The second kappa shape index (κ2) is 3.80. The monoisotopic (exact) mass is 191 g/mol. The number of carbonyl (C=O) groups excluding carboxylic acids is 1. The Hall–Kier alpha value is -1.35. The van der Waals surface area contributed by atoms with Gasteiger partial charge in [-0.3, -0.25) is 4.79 Å². The zero-order valence-corrected chi connectivity index (χ0v) is 8.17. The molecule has 0 spiro atoms. The smallest absolute Gasteiger partial charge is 0.308 e. The number of fused-ring (bicyclic) bond motifs is 1. The van der Waals surface area contributed by atoms with E-state index in [-0.39, 0.29) is 5.97 Å². The maximum Gasteiger partial charge on any atom is 0.308 e. The largest absolute Gasteiger partial charge is 0.427 e. The van der Waals surface area contributed by atoms with Gasteiger partial charge in [-0.05, 0) is 36.2 Å². The maximum absolute atomic E-state index is 10.7. The van der Waals surface area contributed by atoms with Crippen molar-refractivity contribution in [3.63, 3.8) is 0 Å². The van der Waals surface area contributed by atoms with Gasteiger partial charge in [0, 0.05) is 13.5 Å². The Morgan fingerprint density at radius 3 is 3.07 bits per heavy atom. The molecule has 0 atom stereocenters. The molecule has 0 unspecified atom stereocenters. The van der Waals surface area contributed by atoms with Gasteiger partial charge in [-0.25, -0.2) is 0 Å². The number of nitrogens with one attached hydrogen (secondary N) is 1. The van der Waals surface area contributed by atoms with E-state index in [4.69, 9.17) is 4.74 Å². The molecule has 1 aliphatic rings. The van der Waals surface area contributed by atoms with Crippen LogP contribution in [-0.4, -0.2) is 12.5 Å². The van der Waals surface area contributed by atoms with Gasteiger partial charge in [-0.15, -0.1) is 0 Å². The summed E-state index contributed by atoms with van der Waals surface area (Å²) < 4.78 is 5.01. The molecule has 3 heteroatoms. The average Bonchev–Trinajstić information content (AvgIpc) is 2.17. The standard InChI is InChI=1S/C11H13NO2/c1-8(13)14-11-3-2-9-4-5-12-7-10(9)6-11/h2-3,6,12H,4-5,7H2,1H3. The molecule has 0 saturated carbocycles. The molecule has 2 rings (SSSR count). The van der Waals surface area contributed by atoms with Crippen LogP contribution >= 0.6 is 0 Å². The summed E-state index contributed by atoms with van der Waals surface area (Å²) in [7, 11) is 0. The van der Waals surface area contributed by atoms with E-state index in [9.17, 15) is 4.79 Å². The van der Waals surface area contributed by atoms with Gasteiger partial charge >= 0.3 is 5.97 Å². The van der Waals surface area contributed by atoms with Crippen molar-refractivity contribution >= 4 is 5.97 Å². The predicted octanol–water partition coefficient (Wildman–Crippen LogP) is 1.26. The van der Waals surface area contributed by atoms with E-state index >= 15 is 0 Å². The van der Waals surface area contributed by atoms with Crippen LogP contribution in [0.1, 0.15) is 18.1 Å². The Morgan fingerprint density at radius 2 is 2.29 bits per heavy atom. The van der Waals surface area contributed by atoms with Crippen molar-refractivity contribution < 1.29 is 9.53 Å². The summed E-state index contributed by atoms with van der Waals surface area (Å²) in [6, 6.07) is 5.82. The van der Waals surface area contributed by atoms with E-state index in [0.29, 0.717) is 5.75 Å². The number of esters is 1. The fourth-order valence-corrected chi connectivity index (χ4v) is 1.69. The highest BCUT2D eigenvalue weighted by Crippen LogP contribution is 2.20. The zero-order valence-electron chi connectivity index (χ0n) is 8.17. The molecule has 3 nitrogen and oxygen atoms in total. The van der Waals surface area contributed by atoms with Gasteiger partial charge in [0.25, 0.3) is 0 Å². The van der Waals surface area contributed by atoms with Gasteiger partial charge in [-0.2, -0.15) is 0 Å². The number of hydrogen-bond donors (Lipinski definition) is 1. The van der Waals surface area contributed by atoms with Crippen LogP contribution in [0.4, 0.5) is 0 Å². The number of benzene rings is 1. The van der Waals surface area contributed by atoms with E-state index < -0.39 is 0 Å². The van der Waals surface area contributed by atoms with E-state index in [1.807, 2.05) is 18.2 Å². The highest BCUT2D eigenvalue weighted by Gasteiger charge is 2.09. The lowest BCUT2D eigenvalue weighted by Crippen LogP contribution is -2.23. The summed E-state index contributed by atoms with van der Waals surface area (Å²) in [5.74, 6) is 0.369. The summed E-state index contributed by atoms with van der Waals surface area (Å²) in [5.41, 5.74) is 2.58. The van der Waals surface area contributed by atoms with Crippen LogP contribution < -0.4 is 10.1 Å². The highest BCUT2D eigenvalue weighted by atomic mass is 16.5. The molecule has 0 amide bonds. The van der Waals surface area contributed by atoms with Crippen molar-refractivity contribution in [1.29, 1.82) is 0 Å². The third kappa shape index (κ3) is 1.93. The summed E-state index contributed by atoms with van der Waals surface area (Å²) in [6.45, 7) is 3.31. The summed E-state index contributed by atoms with van der Waals surface area (Å²) >= 11 is 0. The molecule has 0 saturated heterocycles. The van der Waals surface area contributed by atoms with Crippen molar-refractivity contribution in [3.05, 3.63) is 29.3 Å². The van der Waals surface area contributed by atoms with E-state index in [0.717, 1.165) is 19.5 Å². The van der Waals surface area contributed by atoms with Crippen molar-refractivity contribution in [3.8, 4) is 5.75 Å². The second-order valence-corrected chi connectivity index (χ2v) is 3.45. The third-order valence-electron chi connectivity index (χ3n) is 2.33. The number of hydrogen-bond acceptors (Lipinski definition) is 3. The topological polar surface area (TPSA) is 38.3 Å². The molecular weight excluding hydrogens is 178 g/mol. The van der Waals surface area contributed by atoms with Gasteiger partial charge in [0.05, 0.1) is 0 Å². The Morgan fingerprint density at radius 1 is 1.43 bits per heavy atom. The first kappa shape index (κ1) is 9.21. The first-order valence-electron chi connectivity index (χ1n) is 4.76. The molecule has 1 heterocycles. The van der Waals surface area contributed by atoms with Crippen molar-refractivity contribution in [2.24, 2.45) is 0 Å². The van der Waals surface area contributed by atoms with Gasteiger partial charge < -0.3 is 10.1 Å². The lowest BCUT2D eigenvalue weighted by Gasteiger charge is -2.17. The van der Waals surface area contributed by atoms with Crippen LogP contribution in [0, 0.1) is 0 Å². The van der Waals surface area contributed by atoms with Gasteiger partial charge in [0.2, 0.25) is 0 Å². The summed E-state index contributed by atoms with van der Waals surface area (Å²) in [4.78, 5) is 10.7. The average molecular weight is 191 g/mol. The molecule has 1 aromatic rings. The first-order chi connectivity index (χ1) is 6.75. The van der Waals surface area contributed by atoms with Crippen molar-refractivity contribution in [1.82, 2.24) is 5.32 Å². The quantitative estimate of drug-likeness (QED) is 0.536. The fourth-order valence-electron chi connectivity index (χ4n) is 1.69. The van der Waals surface area contributed by atoms with Crippen molar-refractivity contribution in [2.45, 2.75) is 19.9 Å². The van der Waals surface area contributed by atoms with E-state index in [1.165, 1.54) is 18.1 Å². The molecule has 1 aromatic carbocycles. The van der Waals surface area contributed by atoms with Crippen LogP contribution in [0.25, 0.3) is 0 Å². The molecule has 0 radical (unpaired) electrons. The molecule has 74 valence electrons. The number of rotatable bonds is 1. The molecule has 1 N–H and O–H groups in total. The Kier molecular flexibility index (Phi) is 2.50. The van der Waals surface area contributed by atoms with Crippen LogP contribution in [0.15, 0.2) is 18.2 Å². The van der Waals surface area contributed by atoms with Crippen LogP contribution in [0.5, 0.6) is 5.75 Å². The summed E-state index contributed by atoms with van der Waals surface area (Å²) in [5, 5.41) is 3.28. The lowest BCUT2D eigenvalue weighted by molar-refractivity contribution is -0.131. The molecule has 1 aliphatic heterocycles. The van der Waals surface area contributed by atoms with Crippen LogP contribution in [-0.2, 0) is 17.8 Å². The molecule has 0 aliphatic carbocycles. The highest BCUT2D eigenvalue weighted by molar-refractivity contribution is 5.69. The Balaban J connectivity index is 2.24. The molecule has 0 fully saturated rings. The lowest BCUT2D eigenvalue weighted by atomic mass is 10.0. The Labute approximate surface area is 83.1 Å². The van der Waals surface area contributed by atoms with Crippen molar-refractivity contribution in [2.75, 3.05) is 6.54 Å². The molecule has 14 heavy (non-hydrogen) atoms. The minimum Gasteiger partial charge on any atom is -0.427 e. The van der Waals surface area contributed by atoms with Crippen LogP contribution in [0.2, 0.25) is 0 Å². The maximum atomic E-state index is 10.7. The second-order valence-electron chi connectivity index (χ2n) is 3.45. The minimum atomic E-state index is -0.270. The number of carbonyl (C=O) groups is 1. The molecule has 0 aromatic heterocycles. The molecular formula is C11H13NO2. The predicted molar refractivity (Wildman–Crippen MR) is 53.2 cm³/mol. The van der Waals surface area contributed by atoms with Gasteiger partial charge in [-0.1, -0.05) is 6.07 Å². The van der Waals surface area contributed by atoms with E-state index in [1.54, 1.807) is 0 Å². The summed E-state index contributed by atoms with van der Waals surface area (Å²) in [6.07, 6.45) is 1.05. The zero-order chi connectivity index (χ0) is 9.97. The SMILES string of the molecule is CC(=O)Oc1ccc2c(c1)CNCC2. The van der Waals surface area contributed by atoms with Gasteiger partial charge in [0.15, 0.2) is 0 Å². The number of ether oxygens (including phenoxy) is 1. The fraction of sp³-hybridized carbons (Fsp3) is 0.364. The third-order valence-corrected chi connectivity index (χ3v) is 2.33. The first-order valence-corrected chi connectivity index (χ1v) is 4.76.